The van der Waals surface area contributed by atoms with Gasteiger partial charge in [0.25, 0.3) is 0 Å². The average molecular weight is 391 g/mol. The fourth-order valence-corrected chi connectivity index (χ4v) is 3.07. The van der Waals surface area contributed by atoms with Gasteiger partial charge in [-0.3, -0.25) is 0 Å². The number of aromatic nitrogens is 5. The van der Waals surface area contributed by atoms with Gasteiger partial charge in [-0.15, -0.1) is 5.10 Å². The van der Waals surface area contributed by atoms with E-state index in [9.17, 15) is 0 Å². The summed E-state index contributed by atoms with van der Waals surface area (Å²) in [5, 5.41) is 12.6. The Hall–Kier alpha value is -3.25. The van der Waals surface area contributed by atoms with Crippen LogP contribution in [0, 0.1) is 0 Å². The van der Waals surface area contributed by atoms with Gasteiger partial charge in [-0.1, -0.05) is 59.3 Å². The molecule has 4 rings (SSSR count). The van der Waals surface area contributed by atoms with Gasteiger partial charge in [0.2, 0.25) is 5.95 Å². The van der Waals surface area contributed by atoms with Gasteiger partial charge in [0.1, 0.15) is 11.4 Å². The highest BCUT2D eigenvalue weighted by Crippen LogP contribution is 2.30. The number of hydrogen-bond acceptors (Lipinski definition) is 5. The van der Waals surface area contributed by atoms with Crippen LogP contribution < -0.4 is 5.32 Å². The molecule has 0 aliphatic rings. The zero-order valence-electron chi connectivity index (χ0n) is 15.4. The minimum absolute atomic E-state index is 0.562. The predicted octanol–water partition coefficient (Wildman–Crippen LogP) is 4.69. The van der Waals surface area contributed by atoms with Crippen molar-refractivity contribution in [3.8, 4) is 22.6 Å². The van der Waals surface area contributed by atoms with Gasteiger partial charge < -0.3 is 5.32 Å². The second-order valence-corrected chi connectivity index (χ2v) is 6.65. The van der Waals surface area contributed by atoms with Crippen molar-refractivity contribution in [3.63, 3.8) is 0 Å². The molecular weight excluding hydrogens is 372 g/mol. The Morgan fingerprint density at radius 2 is 1.79 bits per heavy atom. The van der Waals surface area contributed by atoms with E-state index in [-0.39, 0.29) is 0 Å². The molecule has 6 nitrogen and oxygen atoms in total. The maximum Gasteiger partial charge on any atom is 0.223 e. The summed E-state index contributed by atoms with van der Waals surface area (Å²) in [6.07, 6.45) is 1.74. The van der Waals surface area contributed by atoms with E-state index >= 15 is 0 Å². The van der Waals surface area contributed by atoms with E-state index in [4.69, 9.17) is 16.6 Å². The monoisotopic (exact) mass is 390 g/mol. The average Bonchev–Trinajstić information content (AvgIpc) is 3.18. The number of anilines is 1. The number of aryl methyl sites for hydroxylation is 1. The molecule has 4 aromatic rings. The lowest BCUT2D eigenvalue weighted by Crippen LogP contribution is -2.06. The topological polar surface area (TPSA) is 68.5 Å². The Balaban J connectivity index is 1.67. The lowest BCUT2D eigenvalue weighted by molar-refractivity contribution is 0.631. The molecule has 0 aliphatic heterocycles. The van der Waals surface area contributed by atoms with Gasteiger partial charge in [-0.2, -0.15) is 0 Å². The molecule has 2 aromatic heterocycles. The number of nitrogens with zero attached hydrogens (tertiary/aromatic N) is 5. The molecule has 2 aromatic carbocycles. The van der Waals surface area contributed by atoms with Gasteiger partial charge in [-0.05, 0) is 30.7 Å². The molecule has 0 saturated carbocycles. The lowest BCUT2D eigenvalue weighted by Gasteiger charge is -2.09. The summed E-state index contributed by atoms with van der Waals surface area (Å²) in [5.41, 5.74) is 4.50. The molecule has 0 amide bonds. The van der Waals surface area contributed by atoms with Crippen molar-refractivity contribution in [2.45, 2.75) is 20.0 Å². The molecule has 0 bridgehead atoms. The molecular formula is C21H19ClN6. The third-order valence-electron chi connectivity index (χ3n) is 4.34. The quantitative estimate of drug-likeness (QED) is 0.517. The summed E-state index contributed by atoms with van der Waals surface area (Å²) in [6, 6.07) is 19.6. The van der Waals surface area contributed by atoms with Crippen molar-refractivity contribution in [1.29, 1.82) is 0 Å². The summed E-state index contributed by atoms with van der Waals surface area (Å²) >= 11 is 6.02. The zero-order chi connectivity index (χ0) is 19.3. The van der Waals surface area contributed by atoms with Crippen LogP contribution in [-0.4, -0.2) is 25.0 Å². The Labute approximate surface area is 168 Å². The van der Waals surface area contributed by atoms with Crippen molar-refractivity contribution < 1.29 is 0 Å². The summed E-state index contributed by atoms with van der Waals surface area (Å²) in [6.45, 7) is 3.37. The maximum absolute atomic E-state index is 6.02. The van der Waals surface area contributed by atoms with Crippen LogP contribution in [0.4, 0.5) is 5.95 Å². The Morgan fingerprint density at radius 1 is 1.00 bits per heavy atom. The molecule has 0 radical (unpaired) electrons. The molecule has 2 heterocycles. The summed E-state index contributed by atoms with van der Waals surface area (Å²) < 4.78 is 1.84. The second-order valence-electron chi connectivity index (χ2n) is 6.21. The molecule has 140 valence electrons. The highest BCUT2D eigenvalue weighted by molar-refractivity contribution is 6.30. The molecule has 1 N–H and O–H groups in total. The summed E-state index contributed by atoms with van der Waals surface area (Å²) in [4.78, 5) is 9.04. The Kier molecular flexibility index (Phi) is 5.30. The van der Waals surface area contributed by atoms with Crippen molar-refractivity contribution in [3.05, 3.63) is 77.4 Å². The Bertz CT molecular complexity index is 1060. The van der Waals surface area contributed by atoms with Crippen molar-refractivity contribution in [2.75, 3.05) is 5.32 Å². The van der Waals surface area contributed by atoms with E-state index in [2.05, 4.69) is 32.7 Å². The minimum Gasteiger partial charge on any atom is -0.350 e. The van der Waals surface area contributed by atoms with Crippen LogP contribution >= 0.6 is 11.6 Å². The first kappa shape index (κ1) is 18.1. The fourth-order valence-electron chi connectivity index (χ4n) is 2.94. The van der Waals surface area contributed by atoms with E-state index in [1.54, 1.807) is 6.20 Å². The second kappa shape index (κ2) is 8.19. The van der Waals surface area contributed by atoms with Crippen LogP contribution in [0.2, 0.25) is 5.02 Å². The van der Waals surface area contributed by atoms with E-state index in [0.29, 0.717) is 24.1 Å². The van der Waals surface area contributed by atoms with E-state index in [1.807, 2.05) is 60.1 Å². The van der Waals surface area contributed by atoms with Crippen molar-refractivity contribution in [1.82, 2.24) is 25.0 Å². The van der Waals surface area contributed by atoms with Gasteiger partial charge in [-0.25, -0.2) is 14.6 Å². The SMILES string of the molecule is CCn1nnc(-c2ccc(Cl)cc2)c1-c1ccnc(NCc2ccccc2)n1. The van der Waals surface area contributed by atoms with E-state index in [0.717, 1.165) is 22.6 Å². The molecule has 28 heavy (non-hydrogen) atoms. The number of halogens is 1. The van der Waals surface area contributed by atoms with Gasteiger partial charge in [0, 0.05) is 29.9 Å². The molecule has 0 spiro atoms. The predicted molar refractivity (Wildman–Crippen MR) is 111 cm³/mol. The molecule has 0 aliphatic carbocycles. The number of nitrogens with one attached hydrogen (secondary N) is 1. The number of rotatable bonds is 6. The van der Waals surface area contributed by atoms with Crippen LogP contribution in [0.25, 0.3) is 22.6 Å². The summed E-state index contributed by atoms with van der Waals surface area (Å²) in [5.74, 6) is 0.562. The van der Waals surface area contributed by atoms with Crippen LogP contribution in [0.3, 0.4) is 0 Å². The standard InChI is InChI=1S/C21H19ClN6/c1-2-28-20(19(26-27-28)16-8-10-17(22)11-9-16)18-12-13-23-21(25-18)24-14-15-6-4-3-5-7-15/h3-13H,2,14H2,1H3,(H,23,24,25). The van der Waals surface area contributed by atoms with E-state index in [1.165, 1.54) is 5.56 Å². The largest absolute Gasteiger partial charge is 0.350 e. The van der Waals surface area contributed by atoms with Gasteiger partial charge in [0.05, 0.1) is 5.69 Å². The normalized spacial score (nSPS) is 10.8. The third kappa shape index (κ3) is 3.87. The molecule has 0 fully saturated rings. The zero-order valence-corrected chi connectivity index (χ0v) is 16.1. The number of benzene rings is 2. The summed E-state index contributed by atoms with van der Waals surface area (Å²) in [7, 11) is 0. The number of hydrogen-bond donors (Lipinski definition) is 1. The highest BCUT2D eigenvalue weighted by Gasteiger charge is 2.17. The van der Waals surface area contributed by atoms with Crippen molar-refractivity contribution >= 4 is 17.5 Å². The van der Waals surface area contributed by atoms with Crippen LogP contribution in [0.5, 0.6) is 0 Å². The maximum atomic E-state index is 6.02. The Morgan fingerprint density at radius 3 is 2.54 bits per heavy atom. The minimum atomic E-state index is 0.562. The van der Waals surface area contributed by atoms with Crippen LogP contribution in [-0.2, 0) is 13.1 Å². The first-order chi connectivity index (χ1) is 13.7. The lowest BCUT2D eigenvalue weighted by atomic mass is 10.1. The van der Waals surface area contributed by atoms with Gasteiger partial charge >= 0.3 is 0 Å². The smallest absolute Gasteiger partial charge is 0.223 e. The van der Waals surface area contributed by atoms with Gasteiger partial charge in [0.15, 0.2) is 0 Å². The fraction of sp³-hybridized carbons (Fsp3) is 0.143. The van der Waals surface area contributed by atoms with E-state index < -0.39 is 0 Å². The first-order valence-electron chi connectivity index (χ1n) is 9.05. The van der Waals surface area contributed by atoms with Crippen LogP contribution in [0.15, 0.2) is 66.9 Å². The van der Waals surface area contributed by atoms with Crippen LogP contribution in [0.1, 0.15) is 12.5 Å². The highest BCUT2D eigenvalue weighted by atomic mass is 35.5. The first-order valence-corrected chi connectivity index (χ1v) is 9.43. The van der Waals surface area contributed by atoms with Crippen molar-refractivity contribution in [2.24, 2.45) is 0 Å². The molecule has 7 heteroatoms. The molecule has 0 atom stereocenters. The molecule has 0 unspecified atom stereocenters. The third-order valence-corrected chi connectivity index (χ3v) is 4.60. The molecule has 0 saturated heterocycles.